The van der Waals surface area contributed by atoms with Crippen molar-refractivity contribution in [3.8, 4) is 5.75 Å². The van der Waals surface area contributed by atoms with E-state index in [1.165, 1.54) is 12.1 Å². The summed E-state index contributed by atoms with van der Waals surface area (Å²) >= 11 is 0. The second kappa shape index (κ2) is 9.08. The quantitative estimate of drug-likeness (QED) is 0.811. The number of halogens is 4. The van der Waals surface area contributed by atoms with Crippen LogP contribution in [0.25, 0.3) is 0 Å². The van der Waals surface area contributed by atoms with E-state index in [0.717, 1.165) is 25.5 Å². The van der Waals surface area contributed by atoms with Crippen LogP contribution in [0.1, 0.15) is 31.7 Å². The van der Waals surface area contributed by atoms with Crippen molar-refractivity contribution in [2.24, 2.45) is 0 Å². The number of benzene rings is 1. The molecule has 0 unspecified atom stereocenters. The third kappa shape index (κ3) is 6.01. The summed E-state index contributed by atoms with van der Waals surface area (Å²) in [5.74, 6) is -0.0791. The lowest BCUT2D eigenvalue weighted by atomic mass is 10.1. The number of hydrogen-bond acceptors (Lipinski definition) is 2. The Kier molecular flexibility index (Phi) is 8.65. The van der Waals surface area contributed by atoms with Crippen molar-refractivity contribution in [3.05, 3.63) is 29.8 Å². The predicted octanol–water partition coefficient (Wildman–Crippen LogP) is 4.28. The van der Waals surface area contributed by atoms with Gasteiger partial charge in [0.2, 0.25) is 0 Å². The summed E-state index contributed by atoms with van der Waals surface area (Å²) in [6.45, 7) is 2.71. The Bertz CT molecular complexity index is 385. The van der Waals surface area contributed by atoms with Gasteiger partial charge in [-0.2, -0.15) is 13.2 Å². The Morgan fingerprint density at radius 2 is 1.85 bits per heavy atom. The van der Waals surface area contributed by atoms with E-state index in [1.54, 1.807) is 6.07 Å². The topological polar surface area (TPSA) is 21.3 Å². The number of rotatable bonds is 7. The van der Waals surface area contributed by atoms with E-state index in [1.807, 2.05) is 14.0 Å². The minimum atomic E-state index is -4.38. The van der Waals surface area contributed by atoms with Crippen molar-refractivity contribution in [2.45, 2.75) is 38.5 Å². The molecule has 0 spiro atoms. The second-order valence-electron chi connectivity index (χ2n) is 4.41. The summed E-state index contributed by atoms with van der Waals surface area (Å²) in [4.78, 5) is 0. The van der Waals surface area contributed by atoms with E-state index < -0.39 is 11.7 Å². The van der Waals surface area contributed by atoms with Gasteiger partial charge in [0.15, 0.2) is 0 Å². The summed E-state index contributed by atoms with van der Waals surface area (Å²) in [5.41, 5.74) is -0.708. The van der Waals surface area contributed by atoms with Crippen LogP contribution in [0.5, 0.6) is 5.75 Å². The van der Waals surface area contributed by atoms with Crippen molar-refractivity contribution in [3.63, 3.8) is 0 Å². The predicted molar refractivity (Wildman–Crippen MR) is 76.6 cm³/mol. The molecular formula is C14H21ClF3NO. The monoisotopic (exact) mass is 311 g/mol. The maximum Gasteiger partial charge on any atom is 0.419 e. The molecule has 6 heteroatoms. The third-order valence-corrected chi connectivity index (χ3v) is 2.81. The molecule has 1 rings (SSSR count). The van der Waals surface area contributed by atoms with E-state index in [0.29, 0.717) is 6.42 Å². The van der Waals surface area contributed by atoms with Crippen LogP contribution in [0, 0.1) is 0 Å². The van der Waals surface area contributed by atoms with E-state index >= 15 is 0 Å². The number of para-hydroxylation sites is 1. The SMILES string of the molecule is CCC[C@@H](CCNC)Oc1ccccc1C(F)(F)F.Cl. The maximum atomic E-state index is 12.8. The molecule has 2 nitrogen and oxygen atoms in total. The molecule has 0 amide bonds. The highest BCUT2D eigenvalue weighted by Crippen LogP contribution is 2.36. The van der Waals surface area contributed by atoms with Gasteiger partial charge in [-0.05, 0) is 38.6 Å². The van der Waals surface area contributed by atoms with Gasteiger partial charge in [0.25, 0.3) is 0 Å². The lowest BCUT2D eigenvalue weighted by molar-refractivity contribution is -0.139. The lowest BCUT2D eigenvalue weighted by Crippen LogP contribution is -2.23. The molecule has 20 heavy (non-hydrogen) atoms. The number of hydrogen-bond donors (Lipinski definition) is 1. The van der Waals surface area contributed by atoms with Crippen LogP contribution < -0.4 is 10.1 Å². The third-order valence-electron chi connectivity index (χ3n) is 2.81. The molecule has 1 atom stereocenters. The van der Waals surface area contributed by atoms with Crippen LogP contribution in [0.2, 0.25) is 0 Å². The van der Waals surface area contributed by atoms with Crippen LogP contribution in [0.15, 0.2) is 24.3 Å². The van der Waals surface area contributed by atoms with Gasteiger partial charge in [-0.3, -0.25) is 0 Å². The molecule has 0 aliphatic rings. The normalized spacial score (nSPS) is 12.7. The highest BCUT2D eigenvalue weighted by Gasteiger charge is 2.34. The first kappa shape index (κ1) is 19.1. The Morgan fingerprint density at radius 1 is 1.20 bits per heavy atom. The minimum absolute atomic E-state index is 0. The second-order valence-corrected chi connectivity index (χ2v) is 4.41. The molecule has 0 saturated heterocycles. The van der Waals surface area contributed by atoms with E-state index in [-0.39, 0.29) is 24.3 Å². The van der Waals surface area contributed by atoms with Gasteiger partial charge in [-0.1, -0.05) is 25.5 Å². The van der Waals surface area contributed by atoms with E-state index in [2.05, 4.69) is 5.32 Å². The molecule has 1 aromatic rings. The zero-order valence-electron chi connectivity index (χ0n) is 11.7. The molecule has 0 radical (unpaired) electrons. The summed E-state index contributed by atoms with van der Waals surface area (Å²) in [6, 6.07) is 5.37. The molecule has 116 valence electrons. The first-order valence-corrected chi connectivity index (χ1v) is 6.46. The van der Waals surface area contributed by atoms with Gasteiger partial charge in [0.05, 0.1) is 11.7 Å². The first-order valence-electron chi connectivity index (χ1n) is 6.46. The van der Waals surface area contributed by atoms with Crippen molar-refractivity contribution < 1.29 is 17.9 Å². The standard InChI is InChI=1S/C14H20F3NO.ClH/c1-3-6-11(9-10-18-2)19-13-8-5-4-7-12(13)14(15,16)17;/h4-5,7-8,11,18H,3,6,9-10H2,1-2H3;1H/t11-;/m0./s1. The fourth-order valence-corrected chi connectivity index (χ4v) is 1.87. The van der Waals surface area contributed by atoms with Crippen LogP contribution >= 0.6 is 12.4 Å². The molecule has 0 saturated carbocycles. The van der Waals surface area contributed by atoms with Crippen molar-refractivity contribution >= 4 is 12.4 Å². The fourth-order valence-electron chi connectivity index (χ4n) is 1.87. The summed E-state index contributed by atoms with van der Waals surface area (Å²) in [6.07, 6.45) is -2.26. The highest BCUT2D eigenvalue weighted by molar-refractivity contribution is 5.85. The molecule has 0 heterocycles. The molecule has 1 aromatic carbocycles. The number of alkyl halides is 3. The zero-order chi connectivity index (χ0) is 14.3. The summed E-state index contributed by atoms with van der Waals surface area (Å²) in [7, 11) is 1.81. The highest BCUT2D eigenvalue weighted by atomic mass is 35.5. The van der Waals surface area contributed by atoms with Gasteiger partial charge in [0.1, 0.15) is 5.75 Å². The maximum absolute atomic E-state index is 12.8. The lowest BCUT2D eigenvalue weighted by Gasteiger charge is -2.21. The van der Waals surface area contributed by atoms with Crippen molar-refractivity contribution in [2.75, 3.05) is 13.6 Å². The fraction of sp³-hybridized carbons (Fsp3) is 0.571. The average Bonchev–Trinajstić information content (AvgIpc) is 2.35. The van der Waals surface area contributed by atoms with Gasteiger partial charge >= 0.3 is 6.18 Å². The Labute approximate surface area is 124 Å². The Balaban J connectivity index is 0.00000361. The molecular weight excluding hydrogens is 291 g/mol. The molecule has 0 bridgehead atoms. The summed E-state index contributed by atoms with van der Waals surface area (Å²) in [5, 5.41) is 2.98. The van der Waals surface area contributed by atoms with Gasteiger partial charge in [-0.25, -0.2) is 0 Å². The van der Waals surface area contributed by atoms with Gasteiger partial charge < -0.3 is 10.1 Å². The van der Waals surface area contributed by atoms with Crippen LogP contribution in [0.4, 0.5) is 13.2 Å². The minimum Gasteiger partial charge on any atom is -0.490 e. The molecule has 0 aliphatic carbocycles. The van der Waals surface area contributed by atoms with E-state index in [9.17, 15) is 13.2 Å². The first-order chi connectivity index (χ1) is 8.99. The molecule has 0 fully saturated rings. The van der Waals surface area contributed by atoms with Crippen LogP contribution in [0.3, 0.4) is 0 Å². The number of nitrogens with one attached hydrogen (secondary N) is 1. The largest absolute Gasteiger partial charge is 0.490 e. The molecule has 0 aromatic heterocycles. The van der Waals surface area contributed by atoms with Crippen molar-refractivity contribution in [1.82, 2.24) is 5.32 Å². The Hall–Kier alpha value is -0.940. The number of ether oxygens (including phenoxy) is 1. The average molecular weight is 312 g/mol. The van der Waals surface area contributed by atoms with E-state index in [4.69, 9.17) is 4.74 Å². The smallest absolute Gasteiger partial charge is 0.419 e. The van der Waals surface area contributed by atoms with Gasteiger partial charge in [-0.15, -0.1) is 12.4 Å². The zero-order valence-corrected chi connectivity index (χ0v) is 12.5. The molecule has 1 N–H and O–H groups in total. The van der Waals surface area contributed by atoms with Crippen LogP contribution in [-0.4, -0.2) is 19.7 Å². The summed E-state index contributed by atoms with van der Waals surface area (Å²) < 4.78 is 44.1. The van der Waals surface area contributed by atoms with Crippen LogP contribution in [-0.2, 0) is 6.18 Å². The molecule has 0 aliphatic heterocycles. The Morgan fingerprint density at radius 3 is 2.40 bits per heavy atom. The van der Waals surface area contributed by atoms with Gasteiger partial charge in [0, 0.05) is 0 Å². The van der Waals surface area contributed by atoms with Crippen molar-refractivity contribution in [1.29, 1.82) is 0 Å².